The van der Waals surface area contributed by atoms with E-state index in [-0.39, 0.29) is 0 Å². The lowest BCUT2D eigenvalue weighted by atomic mass is 10.00. The van der Waals surface area contributed by atoms with Gasteiger partial charge in [-0.2, -0.15) is 0 Å². The maximum atomic E-state index is 4.34. The van der Waals surface area contributed by atoms with Gasteiger partial charge in [-0.3, -0.25) is 0 Å². The lowest BCUT2D eigenvalue weighted by Crippen LogP contribution is -2.27. The van der Waals surface area contributed by atoms with E-state index < -0.39 is 0 Å². The molecule has 0 radical (unpaired) electrons. The molecule has 0 aliphatic rings. The summed E-state index contributed by atoms with van der Waals surface area (Å²) in [6, 6.07) is 0.613. The SMILES string of the molecule is CNC(CCc1nccn1C)CC(C)C. The molecule has 0 aliphatic heterocycles. The second-order valence-electron chi connectivity index (χ2n) is 4.61. The molecule has 0 amide bonds. The minimum absolute atomic E-state index is 0.613. The number of hydrogen-bond acceptors (Lipinski definition) is 2. The van der Waals surface area contributed by atoms with Crippen LogP contribution < -0.4 is 5.32 Å². The van der Waals surface area contributed by atoms with Crippen LogP contribution in [0.3, 0.4) is 0 Å². The van der Waals surface area contributed by atoms with Gasteiger partial charge in [0.15, 0.2) is 0 Å². The zero-order valence-corrected chi connectivity index (χ0v) is 10.3. The zero-order chi connectivity index (χ0) is 11.3. The largest absolute Gasteiger partial charge is 0.338 e. The average molecular weight is 209 g/mol. The number of nitrogens with zero attached hydrogens (tertiary/aromatic N) is 2. The molecule has 86 valence electrons. The summed E-state index contributed by atoms with van der Waals surface area (Å²) in [5.74, 6) is 1.93. The lowest BCUT2D eigenvalue weighted by Gasteiger charge is -2.17. The Morgan fingerprint density at radius 2 is 2.20 bits per heavy atom. The van der Waals surface area contributed by atoms with E-state index in [9.17, 15) is 0 Å². The summed E-state index contributed by atoms with van der Waals surface area (Å²) in [4.78, 5) is 4.34. The van der Waals surface area contributed by atoms with Gasteiger partial charge < -0.3 is 9.88 Å². The summed E-state index contributed by atoms with van der Waals surface area (Å²) in [7, 11) is 4.10. The van der Waals surface area contributed by atoms with Crippen LogP contribution in [0.2, 0.25) is 0 Å². The Hall–Kier alpha value is -0.830. The Morgan fingerprint density at radius 1 is 1.47 bits per heavy atom. The number of nitrogens with one attached hydrogen (secondary N) is 1. The minimum Gasteiger partial charge on any atom is -0.338 e. The molecule has 3 nitrogen and oxygen atoms in total. The fourth-order valence-corrected chi connectivity index (χ4v) is 1.89. The highest BCUT2D eigenvalue weighted by Gasteiger charge is 2.09. The van der Waals surface area contributed by atoms with Crippen molar-refractivity contribution in [1.82, 2.24) is 14.9 Å². The maximum Gasteiger partial charge on any atom is 0.108 e. The van der Waals surface area contributed by atoms with Gasteiger partial charge in [0, 0.05) is 31.9 Å². The van der Waals surface area contributed by atoms with Crippen molar-refractivity contribution in [2.45, 2.75) is 39.2 Å². The van der Waals surface area contributed by atoms with Crippen molar-refractivity contribution in [3.05, 3.63) is 18.2 Å². The fourth-order valence-electron chi connectivity index (χ4n) is 1.89. The van der Waals surface area contributed by atoms with E-state index in [1.807, 2.05) is 19.4 Å². The second-order valence-corrected chi connectivity index (χ2v) is 4.61. The molecule has 1 unspecified atom stereocenters. The molecule has 0 fully saturated rings. The van der Waals surface area contributed by atoms with Crippen molar-refractivity contribution in [2.24, 2.45) is 13.0 Å². The van der Waals surface area contributed by atoms with Crippen molar-refractivity contribution in [3.63, 3.8) is 0 Å². The third kappa shape index (κ3) is 4.04. The number of aromatic nitrogens is 2. The van der Waals surface area contributed by atoms with Crippen molar-refractivity contribution < 1.29 is 0 Å². The summed E-state index contributed by atoms with van der Waals surface area (Å²) >= 11 is 0. The van der Waals surface area contributed by atoms with Gasteiger partial charge in [-0.25, -0.2) is 4.98 Å². The highest BCUT2D eigenvalue weighted by atomic mass is 15.0. The first-order valence-corrected chi connectivity index (χ1v) is 5.77. The molecule has 1 atom stereocenters. The molecule has 1 aromatic rings. The van der Waals surface area contributed by atoms with Crippen LogP contribution >= 0.6 is 0 Å². The van der Waals surface area contributed by atoms with Crippen LogP contribution in [0.25, 0.3) is 0 Å². The first-order valence-electron chi connectivity index (χ1n) is 5.77. The number of imidazole rings is 1. The molecule has 1 rings (SSSR count). The van der Waals surface area contributed by atoms with Crippen LogP contribution in [-0.2, 0) is 13.5 Å². The normalized spacial score (nSPS) is 13.4. The van der Waals surface area contributed by atoms with Crippen LogP contribution in [0.5, 0.6) is 0 Å². The van der Waals surface area contributed by atoms with Gasteiger partial charge in [-0.1, -0.05) is 13.8 Å². The van der Waals surface area contributed by atoms with Crippen LogP contribution in [-0.4, -0.2) is 22.6 Å². The second kappa shape index (κ2) is 5.91. The monoisotopic (exact) mass is 209 g/mol. The summed E-state index contributed by atoms with van der Waals surface area (Å²) in [6.45, 7) is 4.54. The molecular formula is C12H23N3. The minimum atomic E-state index is 0.613. The van der Waals surface area contributed by atoms with Crippen LogP contribution in [0.15, 0.2) is 12.4 Å². The molecule has 15 heavy (non-hydrogen) atoms. The van der Waals surface area contributed by atoms with Crippen LogP contribution in [0.4, 0.5) is 0 Å². The van der Waals surface area contributed by atoms with E-state index in [0.717, 1.165) is 12.3 Å². The first-order chi connectivity index (χ1) is 7.13. The quantitative estimate of drug-likeness (QED) is 0.776. The van der Waals surface area contributed by atoms with Gasteiger partial charge in [0.1, 0.15) is 5.82 Å². The predicted molar refractivity (Wildman–Crippen MR) is 63.8 cm³/mol. The smallest absolute Gasteiger partial charge is 0.108 e. The van der Waals surface area contributed by atoms with Crippen molar-refractivity contribution >= 4 is 0 Å². The van der Waals surface area contributed by atoms with Crippen LogP contribution in [0.1, 0.15) is 32.5 Å². The molecule has 1 heterocycles. The van der Waals surface area contributed by atoms with Crippen molar-refractivity contribution in [2.75, 3.05) is 7.05 Å². The Labute approximate surface area is 92.9 Å². The van der Waals surface area contributed by atoms with E-state index in [1.54, 1.807) is 0 Å². The van der Waals surface area contributed by atoms with Gasteiger partial charge in [0.25, 0.3) is 0 Å². The third-order valence-corrected chi connectivity index (χ3v) is 2.80. The molecule has 0 aliphatic carbocycles. The van der Waals surface area contributed by atoms with Crippen LogP contribution in [0, 0.1) is 5.92 Å². The molecule has 0 aromatic carbocycles. The van der Waals surface area contributed by atoms with E-state index in [0.29, 0.717) is 6.04 Å². The highest BCUT2D eigenvalue weighted by Crippen LogP contribution is 2.10. The maximum absolute atomic E-state index is 4.34. The fraction of sp³-hybridized carbons (Fsp3) is 0.750. The molecule has 0 saturated heterocycles. The molecule has 0 spiro atoms. The summed E-state index contributed by atoms with van der Waals surface area (Å²) in [5.41, 5.74) is 0. The Morgan fingerprint density at radius 3 is 2.67 bits per heavy atom. The van der Waals surface area contributed by atoms with E-state index in [1.165, 1.54) is 18.7 Å². The summed E-state index contributed by atoms with van der Waals surface area (Å²) < 4.78 is 2.10. The molecular weight excluding hydrogens is 186 g/mol. The lowest BCUT2D eigenvalue weighted by molar-refractivity contribution is 0.418. The van der Waals surface area contributed by atoms with Crippen molar-refractivity contribution in [1.29, 1.82) is 0 Å². The molecule has 0 saturated carbocycles. The molecule has 0 bridgehead atoms. The molecule has 1 aromatic heterocycles. The molecule has 1 N–H and O–H groups in total. The summed E-state index contributed by atoms with van der Waals surface area (Å²) in [5, 5.41) is 3.38. The van der Waals surface area contributed by atoms with Gasteiger partial charge in [-0.15, -0.1) is 0 Å². The number of rotatable bonds is 6. The summed E-state index contributed by atoms with van der Waals surface area (Å²) in [6.07, 6.45) is 7.33. The third-order valence-electron chi connectivity index (χ3n) is 2.80. The van der Waals surface area contributed by atoms with Gasteiger partial charge >= 0.3 is 0 Å². The van der Waals surface area contributed by atoms with Gasteiger partial charge in [0.2, 0.25) is 0 Å². The van der Waals surface area contributed by atoms with E-state index in [4.69, 9.17) is 0 Å². The Bertz CT molecular complexity index is 278. The topological polar surface area (TPSA) is 29.9 Å². The standard InChI is InChI=1S/C12H23N3/c1-10(2)9-11(13-3)5-6-12-14-7-8-15(12)4/h7-8,10-11,13H,5-6,9H2,1-4H3. The predicted octanol–water partition coefficient (Wildman–Crippen LogP) is 1.99. The Balaban J connectivity index is 2.37. The van der Waals surface area contributed by atoms with Gasteiger partial charge in [-0.05, 0) is 25.8 Å². The zero-order valence-electron chi connectivity index (χ0n) is 10.3. The Kier molecular flexibility index (Phi) is 4.82. The van der Waals surface area contributed by atoms with E-state index >= 15 is 0 Å². The number of hydrogen-bond donors (Lipinski definition) is 1. The van der Waals surface area contributed by atoms with Crippen molar-refractivity contribution in [3.8, 4) is 0 Å². The molecule has 3 heteroatoms. The average Bonchev–Trinajstić information content (AvgIpc) is 2.58. The van der Waals surface area contributed by atoms with Gasteiger partial charge in [0.05, 0.1) is 0 Å². The van der Waals surface area contributed by atoms with E-state index in [2.05, 4.69) is 35.8 Å². The first kappa shape index (κ1) is 12.2. The number of aryl methyl sites for hydroxylation is 2. The highest BCUT2D eigenvalue weighted by molar-refractivity contribution is 4.92.